The molecule has 0 saturated carbocycles. The maximum absolute atomic E-state index is 11.9. The minimum Gasteiger partial charge on any atom is -0.452 e. The van der Waals surface area contributed by atoms with E-state index in [1.54, 1.807) is 11.3 Å². The predicted molar refractivity (Wildman–Crippen MR) is 69.9 cm³/mol. The van der Waals surface area contributed by atoms with E-state index in [9.17, 15) is 9.59 Å². The molecule has 0 aromatic carbocycles. The van der Waals surface area contributed by atoms with E-state index in [0.29, 0.717) is 11.5 Å². The lowest BCUT2D eigenvalue weighted by Gasteiger charge is -2.18. The van der Waals surface area contributed by atoms with Gasteiger partial charge in [-0.15, -0.1) is 11.3 Å². The summed E-state index contributed by atoms with van der Waals surface area (Å²) in [5.41, 5.74) is 1.77. The Bertz CT molecular complexity index is 467. The van der Waals surface area contributed by atoms with Crippen LogP contribution in [0, 0.1) is 5.92 Å². The second-order valence-corrected chi connectivity index (χ2v) is 5.61. The average Bonchev–Trinajstić information content (AvgIpc) is 2.78. The van der Waals surface area contributed by atoms with Crippen LogP contribution in [0.3, 0.4) is 0 Å². The molecule has 1 aromatic heterocycles. The second-order valence-electron chi connectivity index (χ2n) is 4.65. The van der Waals surface area contributed by atoms with Crippen molar-refractivity contribution in [1.29, 1.82) is 0 Å². The van der Waals surface area contributed by atoms with Gasteiger partial charge in [-0.3, -0.25) is 4.79 Å². The highest BCUT2D eigenvalue weighted by Crippen LogP contribution is 2.33. The zero-order chi connectivity index (χ0) is 13.1. The highest BCUT2D eigenvalue weighted by atomic mass is 32.1. The Morgan fingerprint density at radius 3 is 3.06 bits per heavy atom. The molecule has 18 heavy (non-hydrogen) atoms. The van der Waals surface area contributed by atoms with Gasteiger partial charge in [0.2, 0.25) is 0 Å². The number of thiophene rings is 1. The number of esters is 1. The standard InChI is InChI=1S/C13H17NO3S/c1-8-3-4-9-10(7-18-11(9)5-8)13(16)17-6-12(15)14-2/h7-8H,3-6H2,1-2H3,(H,14,15). The zero-order valence-electron chi connectivity index (χ0n) is 10.6. The molecule has 0 spiro atoms. The molecule has 1 atom stereocenters. The number of carbonyl (C=O) groups is 2. The number of likely N-dealkylation sites (N-methyl/N-ethyl adjacent to an activating group) is 1. The fourth-order valence-corrected chi connectivity index (χ4v) is 3.36. The van der Waals surface area contributed by atoms with Crippen molar-refractivity contribution in [3.63, 3.8) is 0 Å². The summed E-state index contributed by atoms with van der Waals surface area (Å²) >= 11 is 1.62. The first-order chi connectivity index (χ1) is 8.61. The Balaban J connectivity index is 2.05. The molecule has 1 aliphatic rings. The van der Waals surface area contributed by atoms with Crippen LogP contribution >= 0.6 is 11.3 Å². The lowest BCUT2D eigenvalue weighted by molar-refractivity contribution is -0.123. The summed E-state index contributed by atoms with van der Waals surface area (Å²) < 4.78 is 4.99. The Labute approximate surface area is 110 Å². The first kappa shape index (κ1) is 13.1. The van der Waals surface area contributed by atoms with E-state index in [4.69, 9.17) is 4.74 Å². The molecular weight excluding hydrogens is 250 g/mol. The fraction of sp³-hybridized carbons (Fsp3) is 0.538. The third-order valence-electron chi connectivity index (χ3n) is 3.23. The summed E-state index contributed by atoms with van der Waals surface area (Å²) in [6.07, 6.45) is 3.09. The normalized spacial score (nSPS) is 18.0. The second kappa shape index (κ2) is 5.52. The molecule has 1 aromatic rings. The van der Waals surface area contributed by atoms with Crippen molar-refractivity contribution in [1.82, 2.24) is 5.32 Å². The van der Waals surface area contributed by atoms with Gasteiger partial charge < -0.3 is 10.1 Å². The van der Waals surface area contributed by atoms with Crippen molar-refractivity contribution in [2.75, 3.05) is 13.7 Å². The van der Waals surface area contributed by atoms with E-state index in [2.05, 4.69) is 12.2 Å². The number of rotatable bonds is 3. The summed E-state index contributed by atoms with van der Waals surface area (Å²) in [6, 6.07) is 0. The van der Waals surface area contributed by atoms with E-state index in [0.717, 1.165) is 24.8 Å². The molecule has 5 heteroatoms. The summed E-state index contributed by atoms with van der Waals surface area (Å²) in [6.45, 7) is 2.02. The highest BCUT2D eigenvalue weighted by Gasteiger charge is 2.24. The monoisotopic (exact) mass is 267 g/mol. The van der Waals surface area contributed by atoms with Crippen LogP contribution in [0.5, 0.6) is 0 Å². The van der Waals surface area contributed by atoms with Crippen LogP contribution in [0.25, 0.3) is 0 Å². The number of amides is 1. The van der Waals surface area contributed by atoms with Crippen molar-refractivity contribution in [3.8, 4) is 0 Å². The number of hydrogen-bond acceptors (Lipinski definition) is 4. The van der Waals surface area contributed by atoms with Crippen LogP contribution in [0.4, 0.5) is 0 Å². The molecule has 1 heterocycles. The van der Waals surface area contributed by atoms with E-state index < -0.39 is 0 Å². The van der Waals surface area contributed by atoms with E-state index in [1.165, 1.54) is 11.9 Å². The highest BCUT2D eigenvalue weighted by molar-refractivity contribution is 7.10. The van der Waals surface area contributed by atoms with Crippen LogP contribution in [-0.4, -0.2) is 25.5 Å². The van der Waals surface area contributed by atoms with Gasteiger partial charge in [0.05, 0.1) is 5.56 Å². The number of carbonyl (C=O) groups excluding carboxylic acids is 2. The maximum Gasteiger partial charge on any atom is 0.339 e. The molecule has 0 bridgehead atoms. The maximum atomic E-state index is 11.9. The smallest absolute Gasteiger partial charge is 0.339 e. The molecule has 4 nitrogen and oxygen atoms in total. The average molecular weight is 267 g/mol. The largest absolute Gasteiger partial charge is 0.452 e. The van der Waals surface area contributed by atoms with Gasteiger partial charge in [0.25, 0.3) is 5.91 Å². The summed E-state index contributed by atoms with van der Waals surface area (Å²) in [4.78, 5) is 24.2. The van der Waals surface area contributed by atoms with Crippen LogP contribution in [-0.2, 0) is 22.4 Å². The van der Waals surface area contributed by atoms with Crippen LogP contribution < -0.4 is 5.32 Å². The molecule has 98 valence electrons. The van der Waals surface area contributed by atoms with Gasteiger partial charge in [-0.1, -0.05) is 6.92 Å². The molecule has 0 radical (unpaired) electrons. The van der Waals surface area contributed by atoms with Gasteiger partial charge in [0.1, 0.15) is 0 Å². The van der Waals surface area contributed by atoms with Gasteiger partial charge in [-0.2, -0.15) is 0 Å². The quantitative estimate of drug-likeness (QED) is 0.849. The topological polar surface area (TPSA) is 55.4 Å². The van der Waals surface area contributed by atoms with E-state index in [1.807, 2.05) is 5.38 Å². The van der Waals surface area contributed by atoms with Crippen LogP contribution in [0.1, 0.15) is 34.1 Å². The SMILES string of the molecule is CNC(=O)COC(=O)c1csc2c1CCC(C)C2. The third kappa shape index (κ3) is 2.72. The van der Waals surface area contributed by atoms with Gasteiger partial charge >= 0.3 is 5.97 Å². The molecule has 1 N–H and O–H groups in total. The number of nitrogens with one attached hydrogen (secondary N) is 1. The van der Waals surface area contributed by atoms with Gasteiger partial charge in [0, 0.05) is 17.3 Å². The van der Waals surface area contributed by atoms with Crippen LogP contribution in [0.15, 0.2) is 5.38 Å². The number of ether oxygens (including phenoxy) is 1. The minimum absolute atomic E-state index is 0.212. The molecular formula is C13H17NO3S. The number of fused-ring (bicyclic) bond motifs is 1. The third-order valence-corrected chi connectivity index (χ3v) is 4.29. The Hall–Kier alpha value is -1.36. The molecule has 1 amide bonds. The molecule has 0 aliphatic heterocycles. The molecule has 0 fully saturated rings. The Kier molecular flexibility index (Phi) is 4.01. The summed E-state index contributed by atoms with van der Waals surface area (Å²) in [7, 11) is 1.52. The van der Waals surface area contributed by atoms with Crippen molar-refractivity contribution in [2.24, 2.45) is 5.92 Å². The van der Waals surface area contributed by atoms with Gasteiger partial charge in [-0.25, -0.2) is 4.79 Å². The molecule has 1 aliphatic carbocycles. The van der Waals surface area contributed by atoms with Gasteiger partial charge in [-0.05, 0) is 30.7 Å². The first-order valence-corrected chi connectivity index (χ1v) is 6.96. The number of hydrogen-bond donors (Lipinski definition) is 1. The van der Waals surface area contributed by atoms with Crippen molar-refractivity contribution < 1.29 is 14.3 Å². The van der Waals surface area contributed by atoms with Gasteiger partial charge in [0.15, 0.2) is 6.61 Å². The van der Waals surface area contributed by atoms with E-state index in [-0.39, 0.29) is 18.5 Å². The minimum atomic E-state index is -0.384. The Morgan fingerprint density at radius 2 is 2.33 bits per heavy atom. The molecule has 0 saturated heterocycles. The van der Waals surface area contributed by atoms with E-state index >= 15 is 0 Å². The first-order valence-electron chi connectivity index (χ1n) is 6.08. The molecule has 2 rings (SSSR count). The zero-order valence-corrected chi connectivity index (χ0v) is 11.4. The summed E-state index contributed by atoms with van der Waals surface area (Å²) in [5.74, 6) is 0.0117. The van der Waals surface area contributed by atoms with Crippen molar-refractivity contribution >= 4 is 23.2 Å². The molecule has 1 unspecified atom stereocenters. The van der Waals surface area contributed by atoms with Crippen LogP contribution in [0.2, 0.25) is 0 Å². The van der Waals surface area contributed by atoms with Crippen molar-refractivity contribution in [3.05, 3.63) is 21.4 Å². The predicted octanol–water partition coefficient (Wildman–Crippen LogP) is 1.78. The lowest BCUT2D eigenvalue weighted by Crippen LogP contribution is -2.25. The Morgan fingerprint density at radius 1 is 1.56 bits per heavy atom. The fourth-order valence-electron chi connectivity index (χ4n) is 2.13. The lowest BCUT2D eigenvalue weighted by atomic mass is 9.88. The summed E-state index contributed by atoms with van der Waals surface area (Å²) in [5, 5.41) is 4.28. The van der Waals surface area contributed by atoms with Crippen molar-refractivity contribution in [2.45, 2.75) is 26.2 Å².